The first-order valence-corrected chi connectivity index (χ1v) is 6.66. The highest BCUT2D eigenvalue weighted by atomic mass is 16.5. The summed E-state index contributed by atoms with van der Waals surface area (Å²) in [6, 6.07) is 0. The standard InChI is InChI=1S/C13H18N4O3/c1-3-4-7-20-11(18)5-6-17-9-14-12-10(13(17)19)8-15-16(12)2/h8-9H,3-7H2,1-2H3. The van der Waals surface area contributed by atoms with Crippen molar-refractivity contribution >= 4 is 17.0 Å². The van der Waals surface area contributed by atoms with Gasteiger partial charge in [0.2, 0.25) is 0 Å². The lowest BCUT2D eigenvalue weighted by atomic mass is 10.3. The lowest BCUT2D eigenvalue weighted by Gasteiger charge is -2.06. The van der Waals surface area contributed by atoms with Gasteiger partial charge in [0.15, 0.2) is 5.65 Å². The average molecular weight is 278 g/mol. The second-order valence-electron chi connectivity index (χ2n) is 4.57. The molecule has 2 heterocycles. The Balaban J connectivity index is 2.02. The largest absolute Gasteiger partial charge is 0.466 e. The van der Waals surface area contributed by atoms with Crippen molar-refractivity contribution in [2.45, 2.75) is 32.7 Å². The van der Waals surface area contributed by atoms with Gasteiger partial charge < -0.3 is 4.74 Å². The zero-order chi connectivity index (χ0) is 14.5. The van der Waals surface area contributed by atoms with Crippen molar-refractivity contribution in [3.8, 4) is 0 Å². The van der Waals surface area contributed by atoms with Crippen LogP contribution in [0.2, 0.25) is 0 Å². The summed E-state index contributed by atoms with van der Waals surface area (Å²) in [5.41, 5.74) is 0.348. The van der Waals surface area contributed by atoms with Crippen LogP contribution in [-0.2, 0) is 23.1 Å². The number of aromatic nitrogens is 4. The van der Waals surface area contributed by atoms with E-state index in [-0.39, 0.29) is 24.5 Å². The molecule has 7 heteroatoms. The van der Waals surface area contributed by atoms with Gasteiger partial charge in [-0.2, -0.15) is 5.10 Å². The number of fused-ring (bicyclic) bond motifs is 1. The maximum atomic E-state index is 12.1. The maximum Gasteiger partial charge on any atom is 0.307 e. The molecule has 0 unspecified atom stereocenters. The van der Waals surface area contributed by atoms with Gasteiger partial charge in [0.1, 0.15) is 5.39 Å². The van der Waals surface area contributed by atoms with Crippen LogP contribution < -0.4 is 5.56 Å². The van der Waals surface area contributed by atoms with E-state index in [1.54, 1.807) is 11.7 Å². The molecular weight excluding hydrogens is 260 g/mol. The monoisotopic (exact) mass is 278 g/mol. The number of aryl methyl sites for hydroxylation is 2. The summed E-state index contributed by atoms with van der Waals surface area (Å²) in [6.07, 6.45) is 4.92. The van der Waals surface area contributed by atoms with E-state index >= 15 is 0 Å². The molecule has 0 aliphatic rings. The molecule has 0 aliphatic heterocycles. The minimum Gasteiger partial charge on any atom is -0.466 e. The molecule has 0 spiro atoms. The quantitative estimate of drug-likeness (QED) is 0.578. The van der Waals surface area contributed by atoms with Gasteiger partial charge in [0.05, 0.1) is 25.6 Å². The van der Waals surface area contributed by atoms with Crippen molar-refractivity contribution < 1.29 is 9.53 Å². The van der Waals surface area contributed by atoms with Gasteiger partial charge in [-0.25, -0.2) is 4.98 Å². The normalized spacial score (nSPS) is 10.9. The van der Waals surface area contributed by atoms with E-state index in [0.29, 0.717) is 17.6 Å². The molecule has 108 valence electrons. The molecular formula is C13H18N4O3. The van der Waals surface area contributed by atoms with Crippen LogP contribution in [-0.4, -0.2) is 31.9 Å². The van der Waals surface area contributed by atoms with E-state index in [0.717, 1.165) is 12.8 Å². The summed E-state index contributed by atoms with van der Waals surface area (Å²) in [4.78, 5) is 27.8. The van der Waals surface area contributed by atoms with Crippen LogP contribution >= 0.6 is 0 Å². The van der Waals surface area contributed by atoms with E-state index in [2.05, 4.69) is 10.1 Å². The van der Waals surface area contributed by atoms with Crippen molar-refractivity contribution in [2.24, 2.45) is 7.05 Å². The molecule has 7 nitrogen and oxygen atoms in total. The Morgan fingerprint density at radius 2 is 2.25 bits per heavy atom. The number of carbonyl (C=O) groups excluding carboxylic acids is 1. The zero-order valence-corrected chi connectivity index (χ0v) is 11.7. The molecule has 0 saturated heterocycles. The van der Waals surface area contributed by atoms with Crippen molar-refractivity contribution in [3.63, 3.8) is 0 Å². The maximum absolute atomic E-state index is 12.1. The molecule has 0 aromatic carbocycles. The first-order chi connectivity index (χ1) is 9.63. The molecule has 0 saturated carbocycles. The van der Waals surface area contributed by atoms with Crippen LogP contribution in [0.15, 0.2) is 17.3 Å². The number of hydrogen-bond donors (Lipinski definition) is 0. The van der Waals surface area contributed by atoms with E-state index < -0.39 is 0 Å². The Hall–Kier alpha value is -2.18. The second-order valence-corrected chi connectivity index (χ2v) is 4.57. The topological polar surface area (TPSA) is 79.0 Å². The second kappa shape index (κ2) is 6.31. The third-order valence-corrected chi connectivity index (χ3v) is 3.04. The van der Waals surface area contributed by atoms with E-state index in [9.17, 15) is 9.59 Å². The van der Waals surface area contributed by atoms with Crippen molar-refractivity contribution in [2.75, 3.05) is 6.61 Å². The minimum atomic E-state index is -0.295. The highest BCUT2D eigenvalue weighted by Gasteiger charge is 2.09. The number of unbranched alkanes of at least 4 members (excludes halogenated alkanes) is 1. The predicted octanol–water partition coefficient (Wildman–Crippen LogP) is 0.863. The van der Waals surface area contributed by atoms with E-state index in [4.69, 9.17) is 4.74 Å². The van der Waals surface area contributed by atoms with Gasteiger partial charge in [-0.3, -0.25) is 18.8 Å². The number of carbonyl (C=O) groups is 1. The first kappa shape index (κ1) is 14.2. The Kier molecular flexibility index (Phi) is 4.49. The van der Waals surface area contributed by atoms with Crippen LogP contribution in [0.3, 0.4) is 0 Å². The molecule has 2 rings (SSSR count). The van der Waals surface area contributed by atoms with Crippen LogP contribution in [0.1, 0.15) is 26.2 Å². The van der Waals surface area contributed by atoms with Crippen LogP contribution in [0.4, 0.5) is 0 Å². The van der Waals surface area contributed by atoms with E-state index in [1.165, 1.54) is 17.1 Å². The van der Waals surface area contributed by atoms with Gasteiger partial charge in [-0.1, -0.05) is 13.3 Å². The molecule has 2 aromatic rings. The van der Waals surface area contributed by atoms with Gasteiger partial charge >= 0.3 is 5.97 Å². The average Bonchev–Trinajstić information content (AvgIpc) is 2.81. The van der Waals surface area contributed by atoms with Gasteiger partial charge in [-0.15, -0.1) is 0 Å². The summed E-state index contributed by atoms with van der Waals surface area (Å²) in [7, 11) is 1.73. The summed E-state index contributed by atoms with van der Waals surface area (Å²) >= 11 is 0. The molecule has 0 bridgehead atoms. The highest BCUT2D eigenvalue weighted by molar-refractivity contribution is 5.73. The minimum absolute atomic E-state index is 0.164. The summed E-state index contributed by atoms with van der Waals surface area (Å²) in [5, 5.41) is 4.45. The molecule has 0 atom stereocenters. The molecule has 0 amide bonds. The molecule has 0 aliphatic carbocycles. The van der Waals surface area contributed by atoms with Gasteiger partial charge in [0, 0.05) is 13.6 Å². The Bertz CT molecular complexity index is 659. The molecule has 0 radical (unpaired) electrons. The van der Waals surface area contributed by atoms with Crippen LogP contribution in [0.25, 0.3) is 11.0 Å². The van der Waals surface area contributed by atoms with Gasteiger partial charge in [0.25, 0.3) is 5.56 Å². The Morgan fingerprint density at radius 3 is 3.00 bits per heavy atom. The lowest BCUT2D eigenvalue weighted by Crippen LogP contribution is -2.22. The van der Waals surface area contributed by atoms with Crippen molar-refractivity contribution in [1.29, 1.82) is 0 Å². The number of esters is 1. The molecule has 0 fully saturated rings. The van der Waals surface area contributed by atoms with Crippen LogP contribution in [0.5, 0.6) is 0 Å². The number of ether oxygens (including phenoxy) is 1. The van der Waals surface area contributed by atoms with Gasteiger partial charge in [-0.05, 0) is 6.42 Å². The summed E-state index contributed by atoms with van der Waals surface area (Å²) in [5.74, 6) is -0.295. The SMILES string of the molecule is CCCCOC(=O)CCn1cnc2c(cnn2C)c1=O. The van der Waals surface area contributed by atoms with E-state index in [1.807, 2.05) is 6.92 Å². The summed E-state index contributed by atoms with van der Waals surface area (Å²) in [6.45, 7) is 2.73. The third kappa shape index (κ3) is 3.04. The molecule has 0 N–H and O–H groups in total. The highest BCUT2D eigenvalue weighted by Crippen LogP contribution is 2.03. The number of nitrogens with zero attached hydrogens (tertiary/aromatic N) is 4. The Labute approximate surface area is 116 Å². The zero-order valence-electron chi connectivity index (χ0n) is 11.7. The van der Waals surface area contributed by atoms with Crippen LogP contribution in [0, 0.1) is 0 Å². The lowest BCUT2D eigenvalue weighted by molar-refractivity contribution is -0.144. The Morgan fingerprint density at radius 1 is 1.45 bits per heavy atom. The summed E-state index contributed by atoms with van der Waals surface area (Å²) < 4.78 is 7.99. The smallest absolute Gasteiger partial charge is 0.307 e. The predicted molar refractivity (Wildman–Crippen MR) is 73.3 cm³/mol. The number of hydrogen-bond acceptors (Lipinski definition) is 5. The van der Waals surface area contributed by atoms with Crippen molar-refractivity contribution in [3.05, 3.63) is 22.9 Å². The third-order valence-electron chi connectivity index (χ3n) is 3.04. The fourth-order valence-electron chi connectivity index (χ4n) is 1.84. The molecule has 2 aromatic heterocycles. The fraction of sp³-hybridized carbons (Fsp3) is 0.538. The fourth-order valence-corrected chi connectivity index (χ4v) is 1.84. The first-order valence-electron chi connectivity index (χ1n) is 6.66. The number of rotatable bonds is 6. The molecule has 20 heavy (non-hydrogen) atoms. The van der Waals surface area contributed by atoms with Crippen molar-refractivity contribution in [1.82, 2.24) is 19.3 Å².